The lowest BCUT2D eigenvalue weighted by Crippen LogP contribution is -2.48. The van der Waals surface area contributed by atoms with Crippen LogP contribution in [0.5, 0.6) is 0 Å². The highest BCUT2D eigenvalue weighted by molar-refractivity contribution is 6.04. The first-order valence-corrected chi connectivity index (χ1v) is 10.3. The lowest BCUT2D eigenvalue weighted by atomic mass is 9.82. The summed E-state index contributed by atoms with van der Waals surface area (Å²) in [6, 6.07) is 13.4. The van der Waals surface area contributed by atoms with Crippen molar-refractivity contribution in [1.82, 2.24) is 10.9 Å². The number of carbonyl (C=O) groups is 4. The Morgan fingerprint density at radius 2 is 1.53 bits per heavy atom. The first-order chi connectivity index (χ1) is 15.3. The normalized spacial score (nSPS) is 22.9. The molecule has 4 unspecified atom stereocenters. The van der Waals surface area contributed by atoms with Crippen LogP contribution in [0.15, 0.2) is 60.7 Å². The van der Waals surface area contributed by atoms with Gasteiger partial charge in [0.2, 0.25) is 5.91 Å². The molecule has 2 aliphatic rings. The van der Waals surface area contributed by atoms with Gasteiger partial charge in [0.05, 0.1) is 11.8 Å². The first-order valence-electron chi connectivity index (χ1n) is 10.3. The van der Waals surface area contributed by atoms with E-state index in [4.69, 9.17) is 0 Å². The Morgan fingerprint density at radius 1 is 0.844 bits per heavy atom. The van der Waals surface area contributed by atoms with Crippen molar-refractivity contribution in [1.29, 1.82) is 0 Å². The molecule has 164 valence electrons. The van der Waals surface area contributed by atoms with Crippen LogP contribution >= 0.6 is 0 Å². The molecule has 4 rings (SSSR count). The lowest BCUT2D eigenvalue weighted by molar-refractivity contribution is -0.148. The average molecular weight is 433 g/mol. The number of amides is 3. The number of aliphatic carboxylic acids is 1. The quantitative estimate of drug-likeness (QED) is 0.426. The third kappa shape index (κ3) is 4.25. The molecule has 2 aromatic carbocycles. The fourth-order valence-corrected chi connectivity index (χ4v) is 4.48. The third-order valence-electron chi connectivity index (χ3n) is 6.03. The maximum Gasteiger partial charge on any atom is 0.307 e. The summed E-state index contributed by atoms with van der Waals surface area (Å²) < 4.78 is 0. The van der Waals surface area contributed by atoms with Crippen LogP contribution in [0, 0.1) is 30.6 Å². The Bertz CT molecular complexity index is 1110. The molecule has 0 spiro atoms. The van der Waals surface area contributed by atoms with E-state index in [2.05, 4.69) is 16.2 Å². The predicted octanol–water partition coefficient (Wildman–Crippen LogP) is 2.53. The van der Waals surface area contributed by atoms with Crippen molar-refractivity contribution >= 4 is 29.4 Å². The summed E-state index contributed by atoms with van der Waals surface area (Å²) in [6.07, 6.45) is 4.36. The molecule has 0 radical (unpaired) electrons. The molecule has 0 aromatic heterocycles. The van der Waals surface area contributed by atoms with Crippen molar-refractivity contribution in [2.45, 2.75) is 13.3 Å². The highest BCUT2D eigenvalue weighted by atomic mass is 16.4. The molecule has 4 N–H and O–H groups in total. The number of fused-ring (bicyclic) bond motifs is 2. The topological polar surface area (TPSA) is 125 Å². The fourth-order valence-electron chi connectivity index (χ4n) is 4.48. The Kier molecular flexibility index (Phi) is 5.77. The number of benzene rings is 2. The van der Waals surface area contributed by atoms with Gasteiger partial charge in [-0.25, -0.2) is 0 Å². The second-order valence-electron chi connectivity index (χ2n) is 8.18. The summed E-state index contributed by atoms with van der Waals surface area (Å²) in [5.74, 6) is -4.08. The smallest absolute Gasteiger partial charge is 0.307 e. The van der Waals surface area contributed by atoms with E-state index in [1.165, 1.54) is 12.1 Å². The minimum absolute atomic E-state index is 0.130. The molecule has 0 heterocycles. The van der Waals surface area contributed by atoms with E-state index in [0.717, 1.165) is 5.56 Å². The molecule has 2 aliphatic carbocycles. The lowest BCUT2D eigenvalue weighted by Gasteiger charge is -2.23. The summed E-state index contributed by atoms with van der Waals surface area (Å²) in [5, 5.41) is 12.2. The number of carbonyl (C=O) groups excluding carboxylic acids is 3. The van der Waals surface area contributed by atoms with E-state index in [1.807, 2.05) is 25.1 Å². The van der Waals surface area contributed by atoms with E-state index < -0.39 is 29.6 Å². The van der Waals surface area contributed by atoms with Crippen molar-refractivity contribution in [3.05, 3.63) is 77.4 Å². The SMILES string of the molecule is Cc1cccc(C(=O)Nc2ccc(C(=O)NNC(=O)C3C4C=CC(C4)C3C(=O)O)cc2)c1. The van der Waals surface area contributed by atoms with Gasteiger partial charge < -0.3 is 10.4 Å². The molecule has 2 bridgehead atoms. The van der Waals surface area contributed by atoms with Crippen LogP contribution < -0.4 is 16.2 Å². The van der Waals surface area contributed by atoms with Crippen molar-refractivity contribution in [2.75, 3.05) is 5.32 Å². The Labute approximate surface area is 184 Å². The van der Waals surface area contributed by atoms with E-state index in [-0.39, 0.29) is 23.3 Å². The maximum atomic E-state index is 12.5. The van der Waals surface area contributed by atoms with Gasteiger partial charge in [0.25, 0.3) is 11.8 Å². The Morgan fingerprint density at radius 3 is 2.19 bits per heavy atom. The number of rotatable bonds is 5. The molecule has 0 aliphatic heterocycles. The highest BCUT2D eigenvalue weighted by Crippen LogP contribution is 2.48. The molecule has 8 nitrogen and oxygen atoms in total. The molecule has 8 heteroatoms. The standard InChI is InChI=1S/C24H23N3O5/c1-13-3-2-4-17(11-13)21(28)25-18-9-7-14(8-10-18)22(29)26-27-23(30)19-15-5-6-16(12-15)20(19)24(31)32/h2-11,15-16,19-20H,12H2,1H3,(H,25,28)(H,26,29)(H,27,30)(H,31,32). The van der Waals surface area contributed by atoms with Crippen molar-refractivity contribution in [3.63, 3.8) is 0 Å². The van der Waals surface area contributed by atoms with Crippen LogP contribution in [0.4, 0.5) is 5.69 Å². The second-order valence-corrected chi connectivity index (χ2v) is 8.18. The second kappa shape index (κ2) is 8.66. The molecular weight excluding hydrogens is 410 g/mol. The number of anilines is 1. The van der Waals surface area contributed by atoms with Crippen molar-refractivity contribution < 1.29 is 24.3 Å². The number of allylic oxidation sites excluding steroid dienone is 2. The average Bonchev–Trinajstić information content (AvgIpc) is 3.39. The highest BCUT2D eigenvalue weighted by Gasteiger charge is 2.51. The van der Waals surface area contributed by atoms with Crippen LogP contribution in [-0.4, -0.2) is 28.8 Å². The van der Waals surface area contributed by atoms with E-state index in [9.17, 15) is 24.3 Å². The predicted molar refractivity (Wildman–Crippen MR) is 117 cm³/mol. The zero-order chi connectivity index (χ0) is 22.8. The number of nitrogens with one attached hydrogen (secondary N) is 3. The molecular formula is C24H23N3O5. The molecule has 3 amide bonds. The number of aryl methyl sites for hydroxylation is 1. The van der Waals surface area contributed by atoms with Gasteiger partial charge in [0.15, 0.2) is 0 Å². The maximum absolute atomic E-state index is 12.5. The number of carboxylic acid groups (broad SMARTS) is 1. The number of carboxylic acids is 1. The van der Waals surface area contributed by atoms with E-state index >= 15 is 0 Å². The van der Waals surface area contributed by atoms with Crippen LogP contribution in [0.1, 0.15) is 32.7 Å². The number of hydrazine groups is 1. The van der Waals surface area contributed by atoms with Gasteiger partial charge in [-0.1, -0.05) is 29.8 Å². The van der Waals surface area contributed by atoms with Gasteiger partial charge >= 0.3 is 5.97 Å². The summed E-state index contributed by atoms with van der Waals surface area (Å²) in [7, 11) is 0. The van der Waals surface area contributed by atoms with Crippen LogP contribution in [-0.2, 0) is 9.59 Å². The molecule has 1 saturated carbocycles. The minimum Gasteiger partial charge on any atom is -0.481 e. The number of hydrogen-bond donors (Lipinski definition) is 4. The van der Waals surface area contributed by atoms with Gasteiger partial charge in [0.1, 0.15) is 0 Å². The van der Waals surface area contributed by atoms with Gasteiger partial charge in [-0.3, -0.25) is 30.0 Å². The van der Waals surface area contributed by atoms with E-state index in [1.54, 1.807) is 30.3 Å². The van der Waals surface area contributed by atoms with Gasteiger partial charge in [-0.2, -0.15) is 0 Å². The fraction of sp³-hybridized carbons (Fsp3) is 0.250. The Hall–Kier alpha value is -3.94. The molecule has 2 aromatic rings. The third-order valence-corrected chi connectivity index (χ3v) is 6.03. The summed E-state index contributed by atoms with van der Waals surface area (Å²) in [6.45, 7) is 1.90. The zero-order valence-electron chi connectivity index (χ0n) is 17.4. The number of hydrogen-bond acceptors (Lipinski definition) is 4. The molecule has 0 saturated heterocycles. The molecule has 32 heavy (non-hydrogen) atoms. The van der Waals surface area contributed by atoms with Crippen LogP contribution in [0.2, 0.25) is 0 Å². The summed E-state index contributed by atoms with van der Waals surface area (Å²) in [5.41, 5.74) is 7.01. The molecule has 4 atom stereocenters. The largest absolute Gasteiger partial charge is 0.481 e. The summed E-state index contributed by atoms with van der Waals surface area (Å²) >= 11 is 0. The first kappa shape index (κ1) is 21.3. The minimum atomic E-state index is -1.00. The Balaban J connectivity index is 1.33. The van der Waals surface area contributed by atoms with Gasteiger partial charge in [0, 0.05) is 16.8 Å². The van der Waals surface area contributed by atoms with Gasteiger partial charge in [-0.15, -0.1) is 0 Å². The van der Waals surface area contributed by atoms with E-state index in [0.29, 0.717) is 17.7 Å². The van der Waals surface area contributed by atoms with Crippen LogP contribution in [0.3, 0.4) is 0 Å². The molecule has 1 fully saturated rings. The van der Waals surface area contributed by atoms with Crippen LogP contribution in [0.25, 0.3) is 0 Å². The van der Waals surface area contributed by atoms with Crippen molar-refractivity contribution in [2.24, 2.45) is 23.7 Å². The van der Waals surface area contributed by atoms with Crippen molar-refractivity contribution in [3.8, 4) is 0 Å². The monoisotopic (exact) mass is 433 g/mol. The zero-order valence-corrected chi connectivity index (χ0v) is 17.4. The van der Waals surface area contributed by atoms with Gasteiger partial charge in [-0.05, 0) is 61.6 Å². The summed E-state index contributed by atoms with van der Waals surface area (Å²) in [4.78, 5) is 48.8.